The van der Waals surface area contributed by atoms with Gasteiger partial charge in [0.1, 0.15) is 16.4 Å². The maximum absolute atomic E-state index is 5.77. The lowest BCUT2D eigenvalue weighted by atomic mass is 10.2. The standard InChI is InChI=1S/C14H14N2O2S/c1-9-3-4-12(13(7-9)17-2)18-10-5-6-16-11(8-10)14(15)19/h3-8H,1-2H3,(H2,15,19). The van der Waals surface area contributed by atoms with E-state index in [0.29, 0.717) is 22.9 Å². The average molecular weight is 274 g/mol. The van der Waals surface area contributed by atoms with Gasteiger partial charge in [0.2, 0.25) is 0 Å². The third-order valence-electron chi connectivity index (χ3n) is 2.53. The lowest BCUT2D eigenvalue weighted by Crippen LogP contribution is -2.11. The van der Waals surface area contributed by atoms with Crippen molar-refractivity contribution in [1.29, 1.82) is 0 Å². The first-order valence-electron chi connectivity index (χ1n) is 5.68. The second-order valence-corrected chi connectivity index (χ2v) is 4.44. The van der Waals surface area contributed by atoms with Gasteiger partial charge in [0.15, 0.2) is 11.5 Å². The van der Waals surface area contributed by atoms with Crippen LogP contribution in [-0.4, -0.2) is 17.1 Å². The molecule has 5 heteroatoms. The normalized spacial score (nSPS) is 10.0. The number of benzene rings is 1. The number of thiocarbonyl (C=S) groups is 1. The number of nitrogens with two attached hydrogens (primary N) is 1. The van der Waals surface area contributed by atoms with Crippen molar-refractivity contribution in [1.82, 2.24) is 4.98 Å². The zero-order valence-corrected chi connectivity index (χ0v) is 11.5. The van der Waals surface area contributed by atoms with Gasteiger partial charge in [-0.15, -0.1) is 0 Å². The molecule has 4 nitrogen and oxygen atoms in total. The number of aryl methyl sites for hydroxylation is 1. The van der Waals surface area contributed by atoms with Gasteiger partial charge in [-0.05, 0) is 30.7 Å². The minimum atomic E-state index is 0.237. The van der Waals surface area contributed by atoms with Crippen LogP contribution >= 0.6 is 12.2 Å². The second kappa shape index (κ2) is 5.67. The quantitative estimate of drug-likeness (QED) is 0.869. The van der Waals surface area contributed by atoms with Crippen molar-refractivity contribution in [2.24, 2.45) is 5.73 Å². The summed E-state index contributed by atoms with van der Waals surface area (Å²) >= 11 is 4.89. The number of aromatic nitrogens is 1. The highest BCUT2D eigenvalue weighted by molar-refractivity contribution is 7.80. The lowest BCUT2D eigenvalue weighted by molar-refractivity contribution is 0.378. The summed E-state index contributed by atoms with van der Waals surface area (Å²) in [6, 6.07) is 9.15. The second-order valence-electron chi connectivity index (χ2n) is 4.00. The molecule has 2 rings (SSSR count). The summed E-state index contributed by atoms with van der Waals surface area (Å²) in [5.41, 5.74) is 7.17. The van der Waals surface area contributed by atoms with E-state index in [0.717, 1.165) is 5.56 Å². The summed E-state index contributed by atoms with van der Waals surface area (Å²) in [7, 11) is 1.61. The number of methoxy groups -OCH3 is 1. The first kappa shape index (κ1) is 13.3. The molecule has 0 unspecified atom stereocenters. The molecule has 0 spiro atoms. The number of hydrogen-bond acceptors (Lipinski definition) is 4. The van der Waals surface area contributed by atoms with Crippen molar-refractivity contribution >= 4 is 17.2 Å². The predicted molar refractivity (Wildman–Crippen MR) is 77.9 cm³/mol. The molecule has 98 valence electrons. The summed E-state index contributed by atoms with van der Waals surface area (Å²) in [4.78, 5) is 4.30. The maximum atomic E-state index is 5.77. The zero-order valence-electron chi connectivity index (χ0n) is 10.7. The van der Waals surface area contributed by atoms with Crippen LogP contribution in [0.15, 0.2) is 36.5 Å². The van der Waals surface area contributed by atoms with E-state index >= 15 is 0 Å². The Morgan fingerprint density at radius 2 is 2.00 bits per heavy atom. The third kappa shape index (κ3) is 3.20. The summed E-state index contributed by atoms with van der Waals surface area (Å²) in [6.07, 6.45) is 1.60. The molecule has 2 aromatic rings. The van der Waals surface area contributed by atoms with Gasteiger partial charge in [0.25, 0.3) is 0 Å². The summed E-state index contributed by atoms with van der Waals surface area (Å²) in [5, 5.41) is 0. The number of nitrogens with zero attached hydrogens (tertiary/aromatic N) is 1. The molecular weight excluding hydrogens is 260 g/mol. The van der Waals surface area contributed by atoms with Crippen LogP contribution in [0.3, 0.4) is 0 Å². The fraction of sp³-hybridized carbons (Fsp3) is 0.143. The molecule has 0 saturated carbocycles. The van der Waals surface area contributed by atoms with Crippen LogP contribution in [0.2, 0.25) is 0 Å². The average Bonchev–Trinajstić information content (AvgIpc) is 2.41. The Kier molecular flexibility index (Phi) is 3.97. The number of ether oxygens (including phenoxy) is 2. The van der Waals surface area contributed by atoms with Crippen LogP contribution < -0.4 is 15.2 Å². The molecule has 0 amide bonds. The topological polar surface area (TPSA) is 57.4 Å². The molecule has 19 heavy (non-hydrogen) atoms. The highest BCUT2D eigenvalue weighted by Crippen LogP contribution is 2.32. The van der Waals surface area contributed by atoms with Crippen molar-refractivity contribution in [3.05, 3.63) is 47.8 Å². The number of hydrogen-bond donors (Lipinski definition) is 1. The van der Waals surface area contributed by atoms with Gasteiger partial charge in [-0.25, -0.2) is 0 Å². The Morgan fingerprint density at radius 3 is 2.68 bits per heavy atom. The van der Waals surface area contributed by atoms with E-state index in [-0.39, 0.29) is 4.99 Å². The molecule has 0 radical (unpaired) electrons. The largest absolute Gasteiger partial charge is 0.493 e. The minimum Gasteiger partial charge on any atom is -0.493 e. The van der Waals surface area contributed by atoms with Crippen LogP contribution in [0, 0.1) is 6.92 Å². The zero-order chi connectivity index (χ0) is 13.8. The first-order chi connectivity index (χ1) is 9.10. The number of pyridine rings is 1. The van der Waals surface area contributed by atoms with Crippen molar-refractivity contribution in [2.75, 3.05) is 7.11 Å². The van der Waals surface area contributed by atoms with Crippen LogP contribution in [-0.2, 0) is 0 Å². The van der Waals surface area contributed by atoms with E-state index < -0.39 is 0 Å². The molecule has 0 fully saturated rings. The minimum absolute atomic E-state index is 0.237. The van der Waals surface area contributed by atoms with Gasteiger partial charge in [0.05, 0.1) is 7.11 Å². The molecule has 1 aromatic carbocycles. The molecule has 0 atom stereocenters. The third-order valence-corrected chi connectivity index (χ3v) is 2.74. The summed E-state index contributed by atoms with van der Waals surface area (Å²) in [5.74, 6) is 1.92. The fourth-order valence-electron chi connectivity index (χ4n) is 1.60. The van der Waals surface area contributed by atoms with Crippen LogP contribution in [0.5, 0.6) is 17.2 Å². The van der Waals surface area contributed by atoms with Gasteiger partial charge < -0.3 is 15.2 Å². The Balaban J connectivity index is 2.30. The fourth-order valence-corrected chi connectivity index (χ4v) is 1.71. The number of rotatable bonds is 4. The van der Waals surface area contributed by atoms with Crippen LogP contribution in [0.25, 0.3) is 0 Å². The molecular formula is C14H14N2O2S. The van der Waals surface area contributed by atoms with E-state index in [2.05, 4.69) is 4.98 Å². The van der Waals surface area contributed by atoms with Crippen molar-refractivity contribution in [3.63, 3.8) is 0 Å². The summed E-state index contributed by atoms with van der Waals surface area (Å²) < 4.78 is 11.1. The molecule has 0 saturated heterocycles. The molecule has 0 aliphatic rings. The van der Waals surface area contributed by atoms with Gasteiger partial charge in [-0.3, -0.25) is 4.98 Å². The Morgan fingerprint density at radius 1 is 1.21 bits per heavy atom. The van der Waals surface area contributed by atoms with Gasteiger partial charge in [-0.2, -0.15) is 0 Å². The predicted octanol–water partition coefficient (Wildman–Crippen LogP) is 2.83. The molecule has 0 aliphatic carbocycles. The first-order valence-corrected chi connectivity index (χ1v) is 6.09. The molecule has 2 N–H and O–H groups in total. The highest BCUT2D eigenvalue weighted by Gasteiger charge is 2.07. The molecule has 1 heterocycles. The Bertz CT molecular complexity index is 614. The van der Waals surface area contributed by atoms with Crippen molar-refractivity contribution in [2.45, 2.75) is 6.92 Å². The lowest BCUT2D eigenvalue weighted by Gasteiger charge is -2.11. The summed E-state index contributed by atoms with van der Waals surface area (Å²) in [6.45, 7) is 1.99. The Labute approximate surface area is 117 Å². The van der Waals surface area contributed by atoms with E-state index in [9.17, 15) is 0 Å². The smallest absolute Gasteiger partial charge is 0.169 e. The Hall–Kier alpha value is -2.14. The molecule has 0 aliphatic heterocycles. The van der Waals surface area contributed by atoms with Gasteiger partial charge >= 0.3 is 0 Å². The van der Waals surface area contributed by atoms with E-state index in [1.807, 2.05) is 25.1 Å². The monoisotopic (exact) mass is 274 g/mol. The van der Waals surface area contributed by atoms with Gasteiger partial charge in [0, 0.05) is 12.3 Å². The van der Waals surface area contributed by atoms with E-state index in [1.54, 1.807) is 25.4 Å². The van der Waals surface area contributed by atoms with E-state index in [1.165, 1.54) is 0 Å². The van der Waals surface area contributed by atoms with Crippen molar-refractivity contribution < 1.29 is 9.47 Å². The van der Waals surface area contributed by atoms with E-state index in [4.69, 9.17) is 27.4 Å². The van der Waals surface area contributed by atoms with Crippen LogP contribution in [0.4, 0.5) is 0 Å². The van der Waals surface area contributed by atoms with Gasteiger partial charge in [-0.1, -0.05) is 18.3 Å². The maximum Gasteiger partial charge on any atom is 0.169 e. The molecule has 0 bridgehead atoms. The van der Waals surface area contributed by atoms with Crippen LogP contribution in [0.1, 0.15) is 11.3 Å². The highest BCUT2D eigenvalue weighted by atomic mass is 32.1. The molecule has 1 aromatic heterocycles. The van der Waals surface area contributed by atoms with Crippen molar-refractivity contribution in [3.8, 4) is 17.2 Å². The SMILES string of the molecule is COc1cc(C)ccc1Oc1ccnc(C(N)=S)c1.